The molecule has 0 aromatic carbocycles. The van der Waals surface area contributed by atoms with Gasteiger partial charge in [-0.15, -0.1) is 0 Å². The molecule has 1 aliphatic rings. The first-order chi connectivity index (χ1) is 9.80. The molecule has 0 atom stereocenters. The maximum absolute atomic E-state index is 12.1. The smallest absolute Gasteiger partial charge is 0.385 e. The van der Waals surface area contributed by atoms with Gasteiger partial charge in [0, 0.05) is 37.5 Å². The highest BCUT2D eigenvalue weighted by Gasteiger charge is 2.36. The van der Waals surface area contributed by atoms with E-state index >= 15 is 0 Å². The maximum Gasteiger partial charge on any atom is 0.389 e. The number of carbonyl (C=O) groups is 1. The van der Waals surface area contributed by atoms with Crippen molar-refractivity contribution in [3.05, 3.63) is 30.1 Å². The molecule has 116 valence electrons. The Kier molecular flexibility index (Phi) is 4.51. The van der Waals surface area contributed by atoms with Crippen LogP contribution in [-0.2, 0) is 10.4 Å². The van der Waals surface area contributed by atoms with Crippen LogP contribution in [-0.4, -0.2) is 40.2 Å². The van der Waals surface area contributed by atoms with Gasteiger partial charge in [-0.2, -0.15) is 13.2 Å². The molecule has 1 aromatic rings. The number of pyridine rings is 1. The fraction of sp³-hybridized carbons (Fsp3) is 0.571. The van der Waals surface area contributed by atoms with Crippen molar-refractivity contribution in [2.24, 2.45) is 0 Å². The van der Waals surface area contributed by atoms with Crippen LogP contribution in [0.4, 0.5) is 13.2 Å². The fourth-order valence-electron chi connectivity index (χ4n) is 2.46. The molecule has 0 radical (unpaired) electrons. The number of piperidine rings is 1. The number of nitrogens with zero attached hydrogens (tertiary/aromatic N) is 2. The number of alkyl halides is 3. The van der Waals surface area contributed by atoms with E-state index in [1.807, 2.05) is 0 Å². The molecule has 1 saturated heterocycles. The van der Waals surface area contributed by atoms with Crippen LogP contribution in [0.5, 0.6) is 0 Å². The summed E-state index contributed by atoms with van der Waals surface area (Å²) < 4.78 is 36.3. The topological polar surface area (TPSA) is 53.4 Å². The summed E-state index contributed by atoms with van der Waals surface area (Å²) in [5.74, 6) is -0.513. The second kappa shape index (κ2) is 6.01. The number of aliphatic hydroxyl groups is 1. The minimum absolute atomic E-state index is 0.252. The van der Waals surface area contributed by atoms with E-state index in [4.69, 9.17) is 0 Å². The molecule has 2 heterocycles. The largest absolute Gasteiger partial charge is 0.389 e. The zero-order valence-corrected chi connectivity index (χ0v) is 11.4. The van der Waals surface area contributed by atoms with E-state index in [2.05, 4.69) is 4.98 Å². The van der Waals surface area contributed by atoms with Crippen molar-refractivity contribution in [2.45, 2.75) is 37.5 Å². The normalized spacial score (nSPS) is 18.6. The van der Waals surface area contributed by atoms with Gasteiger partial charge >= 0.3 is 6.18 Å². The van der Waals surface area contributed by atoms with Crippen LogP contribution in [0.1, 0.15) is 31.2 Å². The fourth-order valence-corrected chi connectivity index (χ4v) is 2.46. The molecule has 0 bridgehead atoms. The van der Waals surface area contributed by atoms with Crippen molar-refractivity contribution >= 4 is 5.91 Å². The summed E-state index contributed by atoms with van der Waals surface area (Å²) in [6, 6.07) is 3.47. The number of hydrogen-bond acceptors (Lipinski definition) is 3. The van der Waals surface area contributed by atoms with Gasteiger partial charge in [-0.3, -0.25) is 9.78 Å². The van der Waals surface area contributed by atoms with Crippen LogP contribution in [0.25, 0.3) is 0 Å². The maximum atomic E-state index is 12.1. The van der Waals surface area contributed by atoms with Gasteiger partial charge in [0.05, 0.1) is 12.0 Å². The molecule has 0 unspecified atom stereocenters. The van der Waals surface area contributed by atoms with Crippen molar-refractivity contribution in [2.75, 3.05) is 13.1 Å². The minimum atomic E-state index is -4.32. The predicted molar refractivity (Wildman–Crippen MR) is 69.2 cm³/mol. The summed E-state index contributed by atoms with van der Waals surface area (Å²) >= 11 is 0. The van der Waals surface area contributed by atoms with E-state index in [9.17, 15) is 23.1 Å². The van der Waals surface area contributed by atoms with Gasteiger partial charge in [-0.1, -0.05) is 6.07 Å². The van der Waals surface area contributed by atoms with Crippen molar-refractivity contribution in [3.8, 4) is 0 Å². The third-order valence-corrected chi connectivity index (χ3v) is 3.76. The average molecular weight is 302 g/mol. The molecule has 0 aliphatic carbocycles. The first-order valence-corrected chi connectivity index (χ1v) is 6.78. The van der Waals surface area contributed by atoms with Crippen LogP contribution in [0.2, 0.25) is 0 Å². The second-order valence-electron chi connectivity index (χ2n) is 5.27. The summed E-state index contributed by atoms with van der Waals surface area (Å²) in [6.45, 7) is 0.504. The van der Waals surface area contributed by atoms with Gasteiger partial charge < -0.3 is 10.0 Å². The Morgan fingerprint density at radius 1 is 1.38 bits per heavy atom. The SMILES string of the molecule is O=C(CCC(F)(F)F)N1CCC(O)(c2cccnc2)CC1. The van der Waals surface area contributed by atoms with Gasteiger partial charge in [0.2, 0.25) is 5.91 Å². The van der Waals surface area contributed by atoms with E-state index in [1.165, 1.54) is 4.90 Å². The third-order valence-electron chi connectivity index (χ3n) is 3.76. The van der Waals surface area contributed by atoms with Gasteiger partial charge in [0.1, 0.15) is 0 Å². The van der Waals surface area contributed by atoms with Crippen LogP contribution in [0.15, 0.2) is 24.5 Å². The molecule has 1 aromatic heterocycles. The van der Waals surface area contributed by atoms with Crippen LogP contribution < -0.4 is 0 Å². The Labute approximate surface area is 120 Å². The summed E-state index contributed by atoms with van der Waals surface area (Å²) in [6.07, 6.45) is -2.18. The van der Waals surface area contributed by atoms with Crippen LogP contribution >= 0.6 is 0 Å². The number of hydrogen-bond donors (Lipinski definition) is 1. The van der Waals surface area contributed by atoms with E-state index in [0.29, 0.717) is 18.4 Å². The molecule has 4 nitrogen and oxygen atoms in total. The number of rotatable bonds is 3. The lowest BCUT2D eigenvalue weighted by atomic mass is 9.85. The number of amides is 1. The van der Waals surface area contributed by atoms with Crippen molar-refractivity contribution in [1.29, 1.82) is 0 Å². The molecule has 1 amide bonds. The molecule has 0 saturated carbocycles. The van der Waals surface area contributed by atoms with Crippen molar-refractivity contribution in [1.82, 2.24) is 9.88 Å². The monoisotopic (exact) mass is 302 g/mol. The lowest BCUT2D eigenvalue weighted by Gasteiger charge is -2.38. The lowest BCUT2D eigenvalue weighted by Crippen LogP contribution is -2.45. The van der Waals surface area contributed by atoms with Crippen molar-refractivity contribution in [3.63, 3.8) is 0 Å². The molecular weight excluding hydrogens is 285 g/mol. The Morgan fingerprint density at radius 2 is 2.05 bits per heavy atom. The molecule has 1 aliphatic heterocycles. The number of halogens is 3. The second-order valence-corrected chi connectivity index (χ2v) is 5.27. The van der Waals surface area contributed by atoms with Crippen LogP contribution in [0.3, 0.4) is 0 Å². The zero-order chi connectivity index (χ0) is 15.5. The summed E-state index contributed by atoms with van der Waals surface area (Å²) in [4.78, 5) is 17.1. The highest BCUT2D eigenvalue weighted by molar-refractivity contribution is 5.76. The molecule has 21 heavy (non-hydrogen) atoms. The Bertz CT molecular complexity index is 483. The van der Waals surface area contributed by atoms with Gasteiger partial charge in [0.15, 0.2) is 0 Å². The first kappa shape index (κ1) is 15.8. The Hall–Kier alpha value is -1.63. The van der Waals surface area contributed by atoms with Gasteiger partial charge in [-0.25, -0.2) is 0 Å². The molecule has 0 spiro atoms. The summed E-state index contributed by atoms with van der Waals surface area (Å²) in [7, 11) is 0. The molecule has 2 rings (SSSR count). The van der Waals surface area contributed by atoms with Gasteiger partial charge in [-0.05, 0) is 18.9 Å². The molecule has 7 heteroatoms. The first-order valence-electron chi connectivity index (χ1n) is 6.78. The number of carbonyl (C=O) groups excluding carboxylic acids is 1. The molecule has 1 fully saturated rings. The Morgan fingerprint density at radius 3 is 2.57 bits per heavy atom. The Balaban J connectivity index is 1.90. The minimum Gasteiger partial charge on any atom is -0.385 e. The predicted octanol–water partition coefficient (Wildman–Crippen LogP) is 2.23. The molecular formula is C14H17F3N2O2. The number of aromatic nitrogens is 1. The highest BCUT2D eigenvalue weighted by atomic mass is 19.4. The van der Waals surface area contributed by atoms with E-state index in [-0.39, 0.29) is 13.1 Å². The average Bonchev–Trinajstić information content (AvgIpc) is 2.46. The standard InChI is InChI=1S/C14H17F3N2O2/c15-14(16,17)4-3-12(20)19-8-5-13(21,6-9-19)11-2-1-7-18-10-11/h1-2,7,10,21H,3-6,8-9H2. The molecule has 1 N–H and O–H groups in total. The van der Waals surface area contributed by atoms with Gasteiger partial charge in [0.25, 0.3) is 0 Å². The third kappa shape index (κ3) is 4.17. The summed E-state index contributed by atoms with van der Waals surface area (Å²) in [5.41, 5.74) is -0.387. The van der Waals surface area contributed by atoms with E-state index < -0.39 is 30.5 Å². The zero-order valence-electron chi connectivity index (χ0n) is 11.4. The van der Waals surface area contributed by atoms with E-state index in [1.54, 1.807) is 24.5 Å². The van der Waals surface area contributed by atoms with Crippen molar-refractivity contribution < 1.29 is 23.1 Å². The number of likely N-dealkylation sites (tertiary alicyclic amines) is 1. The summed E-state index contributed by atoms with van der Waals surface area (Å²) in [5, 5.41) is 10.5. The van der Waals surface area contributed by atoms with E-state index in [0.717, 1.165) is 0 Å². The lowest BCUT2D eigenvalue weighted by molar-refractivity contribution is -0.151. The quantitative estimate of drug-likeness (QED) is 0.931. The highest BCUT2D eigenvalue weighted by Crippen LogP contribution is 2.32. The van der Waals surface area contributed by atoms with Crippen LogP contribution in [0, 0.1) is 0 Å².